The van der Waals surface area contributed by atoms with Crippen LogP contribution in [0.3, 0.4) is 0 Å². The van der Waals surface area contributed by atoms with Crippen LogP contribution in [0, 0.1) is 5.92 Å². The molecule has 0 spiro atoms. The first-order valence-electron chi connectivity index (χ1n) is 6.71. The van der Waals surface area contributed by atoms with Gasteiger partial charge in [0.05, 0.1) is 12.7 Å². The van der Waals surface area contributed by atoms with Gasteiger partial charge in [-0.15, -0.1) is 0 Å². The molecule has 0 radical (unpaired) electrons. The summed E-state index contributed by atoms with van der Waals surface area (Å²) in [5.74, 6) is 0.478. The first kappa shape index (κ1) is 14.9. The van der Waals surface area contributed by atoms with Gasteiger partial charge in [0.15, 0.2) is 0 Å². The molecule has 0 unspecified atom stereocenters. The van der Waals surface area contributed by atoms with Gasteiger partial charge in [-0.3, -0.25) is 4.79 Å². The topological polar surface area (TPSA) is 26.3 Å². The molecular weight excluding hydrogens is 224 g/mol. The largest absolute Gasteiger partial charge is 0.374 e. The SMILES string of the molecule is CC(C)OCc1ccc(CCC(=O)C(C)C)cc1. The number of hydrogen-bond acceptors (Lipinski definition) is 2. The van der Waals surface area contributed by atoms with Crippen LogP contribution in [-0.2, 0) is 22.6 Å². The molecule has 0 atom stereocenters. The van der Waals surface area contributed by atoms with Crippen molar-refractivity contribution in [3.8, 4) is 0 Å². The average Bonchev–Trinajstić information content (AvgIpc) is 2.34. The third-order valence-electron chi connectivity index (χ3n) is 2.91. The van der Waals surface area contributed by atoms with Crippen LogP contribution < -0.4 is 0 Å². The average molecular weight is 248 g/mol. The molecule has 0 aliphatic rings. The number of rotatable bonds is 7. The van der Waals surface area contributed by atoms with Crippen molar-refractivity contribution in [2.45, 2.75) is 53.2 Å². The lowest BCUT2D eigenvalue weighted by molar-refractivity contribution is -0.121. The van der Waals surface area contributed by atoms with Crippen molar-refractivity contribution in [1.82, 2.24) is 0 Å². The van der Waals surface area contributed by atoms with Gasteiger partial charge in [0, 0.05) is 12.3 Å². The lowest BCUT2D eigenvalue weighted by Crippen LogP contribution is -2.07. The summed E-state index contributed by atoms with van der Waals surface area (Å²) in [6.45, 7) is 8.63. The Morgan fingerprint density at radius 1 is 1.06 bits per heavy atom. The summed E-state index contributed by atoms with van der Waals surface area (Å²) in [7, 11) is 0. The Hall–Kier alpha value is -1.15. The molecule has 0 bridgehead atoms. The summed E-state index contributed by atoms with van der Waals surface area (Å²) in [4.78, 5) is 11.5. The molecule has 2 heteroatoms. The van der Waals surface area contributed by atoms with Crippen LogP contribution in [0.2, 0.25) is 0 Å². The number of hydrogen-bond donors (Lipinski definition) is 0. The molecule has 1 rings (SSSR count). The van der Waals surface area contributed by atoms with Crippen LogP contribution in [0.4, 0.5) is 0 Å². The molecule has 0 N–H and O–H groups in total. The van der Waals surface area contributed by atoms with Gasteiger partial charge in [0.2, 0.25) is 0 Å². The summed E-state index contributed by atoms with van der Waals surface area (Å²) in [6, 6.07) is 8.34. The first-order chi connectivity index (χ1) is 8.49. The van der Waals surface area contributed by atoms with E-state index in [0.29, 0.717) is 18.8 Å². The summed E-state index contributed by atoms with van der Waals surface area (Å²) < 4.78 is 5.54. The van der Waals surface area contributed by atoms with Crippen LogP contribution in [0.25, 0.3) is 0 Å². The van der Waals surface area contributed by atoms with Gasteiger partial charge in [-0.25, -0.2) is 0 Å². The molecule has 0 aliphatic carbocycles. The summed E-state index contributed by atoms with van der Waals surface area (Å²) >= 11 is 0. The molecule has 1 aromatic carbocycles. The lowest BCUT2D eigenvalue weighted by Gasteiger charge is -2.08. The standard InChI is InChI=1S/C16H24O2/c1-12(2)16(17)10-9-14-5-7-15(8-6-14)11-18-13(3)4/h5-8,12-13H,9-11H2,1-4H3. The molecule has 0 fully saturated rings. The van der Waals surface area contributed by atoms with Crippen molar-refractivity contribution in [3.63, 3.8) is 0 Å². The fourth-order valence-electron chi connectivity index (χ4n) is 1.62. The van der Waals surface area contributed by atoms with Crippen LogP contribution in [-0.4, -0.2) is 11.9 Å². The minimum absolute atomic E-state index is 0.142. The molecule has 0 aromatic heterocycles. The zero-order chi connectivity index (χ0) is 13.5. The summed E-state index contributed by atoms with van der Waals surface area (Å²) in [6.07, 6.45) is 1.73. The molecule has 0 amide bonds. The lowest BCUT2D eigenvalue weighted by atomic mass is 10.0. The quantitative estimate of drug-likeness (QED) is 0.734. The monoisotopic (exact) mass is 248 g/mol. The van der Waals surface area contributed by atoms with Gasteiger partial charge in [0.1, 0.15) is 5.78 Å². The normalized spacial score (nSPS) is 11.2. The maximum absolute atomic E-state index is 11.5. The van der Waals surface area contributed by atoms with Gasteiger partial charge in [-0.05, 0) is 31.4 Å². The Kier molecular flexibility index (Phi) is 6.06. The number of carbonyl (C=O) groups excluding carboxylic acids is 1. The van der Waals surface area contributed by atoms with Gasteiger partial charge in [-0.2, -0.15) is 0 Å². The Bertz CT molecular complexity index is 363. The molecule has 0 saturated carbocycles. The van der Waals surface area contributed by atoms with Crippen molar-refractivity contribution in [1.29, 1.82) is 0 Å². The number of aryl methyl sites for hydroxylation is 1. The molecule has 2 nitrogen and oxygen atoms in total. The third kappa shape index (κ3) is 5.46. The van der Waals surface area contributed by atoms with Crippen molar-refractivity contribution < 1.29 is 9.53 Å². The third-order valence-corrected chi connectivity index (χ3v) is 2.91. The Morgan fingerprint density at radius 2 is 1.61 bits per heavy atom. The van der Waals surface area contributed by atoms with E-state index in [-0.39, 0.29) is 12.0 Å². The predicted molar refractivity (Wildman–Crippen MR) is 74.5 cm³/mol. The highest BCUT2D eigenvalue weighted by Crippen LogP contribution is 2.10. The van der Waals surface area contributed by atoms with Crippen molar-refractivity contribution in [2.75, 3.05) is 0 Å². The minimum Gasteiger partial charge on any atom is -0.374 e. The molecule has 100 valence electrons. The highest BCUT2D eigenvalue weighted by molar-refractivity contribution is 5.80. The molecular formula is C16H24O2. The van der Waals surface area contributed by atoms with E-state index in [1.54, 1.807) is 0 Å². The fraction of sp³-hybridized carbons (Fsp3) is 0.562. The van der Waals surface area contributed by atoms with E-state index in [1.807, 2.05) is 27.7 Å². The maximum Gasteiger partial charge on any atom is 0.135 e. The van der Waals surface area contributed by atoms with Crippen LogP contribution in [0.5, 0.6) is 0 Å². The van der Waals surface area contributed by atoms with E-state index in [4.69, 9.17) is 4.74 Å². The fourth-order valence-corrected chi connectivity index (χ4v) is 1.62. The predicted octanol–water partition coefficient (Wildman–Crippen LogP) is 3.77. The molecule has 0 aliphatic heterocycles. The minimum atomic E-state index is 0.142. The molecule has 0 heterocycles. The first-order valence-corrected chi connectivity index (χ1v) is 6.71. The van der Waals surface area contributed by atoms with Gasteiger partial charge in [-0.1, -0.05) is 38.1 Å². The number of ketones is 1. The smallest absolute Gasteiger partial charge is 0.135 e. The van der Waals surface area contributed by atoms with Crippen LogP contribution in [0.15, 0.2) is 24.3 Å². The van der Waals surface area contributed by atoms with E-state index < -0.39 is 0 Å². The van der Waals surface area contributed by atoms with E-state index >= 15 is 0 Å². The highest BCUT2D eigenvalue weighted by Gasteiger charge is 2.07. The number of carbonyl (C=O) groups is 1. The van der Waals surface area contributed by atoms with Gasteiger partial charge in [0.25, 0.3) is 0 Å². The Balaban J connectivity index is 2.43. The Labute approximate surface area is 110 Å². The van der Waals surface area contributed by atoms with Gasteiger partial charge >= 0.3 is 0 Å². The second-order valence-corrected chi connectivity index (χ2v) is 5.30. The van der Waals surface area contributed by atoms with E-state index in [9.17, 15) is 4.79 Å². The van der Waals surface area contributed by atoms with E-state index in [1.165, 1.54) is 11.1 Å². The number of ether oxygens (including phenoxy) is 1. The molecule has 0 saturated heterocycles. The van der Waals surface area contributed by atoms with Crippen molar-refractivity contribution >= 4 is 5.78 Å². The Morgan fingerprint density at radius 3 is 2.11 bits per heavy atom. The van der Waals surface area contributed by atoms with Gasteiger partial charge < -0.3 is 4.74 Å². The second-order valence-electron chi connectivity index (χ2n) is 5.30. The van der Waals surface area contributed by atoms with E-state index in [2.05, 4.69) is 24.3 Å². The number of benzene rings is 1. The zero-order valence-electron chi connectivity index (χ0n) is 11.9. The van der Waals surface area contributed by atoms with Crippen LogP contribution >= 0.6 is 0 Å². The van der Waals surface area contributed by atoms with E-state index in [0.717, 1.165) is 6.42 Å². The second kappa shape index (κ2) is 7.32. The maximum atomic E-state index is 11.5. The summed E-state index contributed by atoms with van der Waals surface area (Å²) in [5.41, 5.74) is 2.40. The summed E-state index contributed by atoms with van der Waals surface area (Å²) in [5, 5.41) is 0. The molecule has 1 aromatic rings. The molecule has 18 heavy (non-hydrogen) atoms. The number of Topliss-reactive ketones (excluding diaryl/α,β-unsaturated/α-hetero) is 1. The van der Waals surface area contributed by atoms with Crippen LogP contribution in [0.1, 0.15) is 45.2 Å². The zero-order valence-corrected chi connectivity index (χ0v) is 11.9. The van der Waals surface area contributed by atoms with Crippen molar-refractivity contribution in [3.05, 3.63) is 35.4 Å². The van der Waals surface area contributed by atoms with Crippen molar-refractivity contribution in [2.24, 2.45) is 5.92 Å². The highest BCUT2D eigenvalue weighted by atomic mass is 16.5.